The summed E-state index contributed by atoms with van der Waals surface area (Å²) in [5.74, 6) is 2.31. The van der Waals surface area contributed by atoms with Gasteiger partial charge in [0.2, 0.25) is 0 Å². The molecule has 6 heteroatoms. The Morgan fingerprint density at radius 1 is 1.07 bits per heavy atom. The van der Waals surface area contributed by atoms with Gasteiger partial charge in [-0.2, -0.15) is 0 Å². The monoisotopic (exact) mass is 377 g/mol. The lowest BCUT2D eigenvalue weighted by Gasteiger charge is -2.18. The van der Waals surface area contributed by atoms with E-state index in [0.29, 0.717) is 6.61 Å². The molecule has 3 aromatic heterocycles. The highest BCUT2D eigenvalue weighted by molar-refractivity contribution is 5.87. The fourth-order valence-corrected chi connectivity index (χ4v) is 3.27. The number of hydrogen-bond donors (Lipinski definition) is 1. The number of pyridine rings is 1. The maximum absolute atomic E-state index is 5.90. The minimum absolute atomic E-state index is 0.563. The van der Waals surface area contributed by atoms with Crippen molar-refractivity contribution in [3.8, 4) is 23.0 Å². The normalized spacial score (nSPS) is 11.2. The Labute approximate surface area is 163 Å². The van der Waals surface area contributed by atoms with Crippen molar-refractivity contribution in [1.82, 2.24) is 14.9 Å². The molecule has 0 aliphatic rings. The highest BCUT2D eigenvalue weighted by Gasteiger charge is 2.17. The number of rotatable bonds is 8. The first kappa shape index (κ1) is 18.1. The van der Waals surface area contributed by atoms with Gasteiger partial charge in [-0.25, -0.2) is 4.98 Å². The van der Waals surface area contributed by atoms with Crippen molar-refractivity contribution in [2.75, 3.05) is 27.3 Å². The van der Waals surface area contributed by atoms with E-state index in [2.05, 4.69) is 28.0 Å². The van der Waals surface area contributed by atoms with Crippen LogP contribution in [0.15, 0.2) is 65.4 Å². The van der Waals surface area contributed by atoms with Crippen LogP contribution in [0.3, 0.4) is 0 Å². The van der Waals surface area contributed by atoms with Gasteiger partial charge in [-0.05, 0) is 43.4 Å². The van der Waals surface area contributed by atoms with Crippen LogP contribution in [-0.4, -0.2) is 42.2 Å². The van der Waals surface area contributed by atoms with Crippen LogP contribution >= 0.6 is 0 Å². The molecule has 4 aromatic rings. The van der Waals surface area contributed by atoms with Crippen LogP contribution in [0.2, 0.25) is 0 Å². The third-order valence-corrected chi connectivity index (χ3v) is 4.67. The van der Waals surface area contributed by atoms with Gasteiger partial charge in [-0.1, -0.05) is 12.1 Å². The van der Waals surface area contributed by atoms with Gasteiger partial charge < -0.3 is 18.9 Å². The fraction of sp³-hybridized carbons (Fsp3) is 0.227. The largest absolute Gasteiger partial charge is 0.493 e. The van der Waals surface area contributed by atoms with Gasteiger partial charge in [-0.15, -0.1) is 0 Å². The Balaban J connectivity index is 1.48. The molecule has 0 radical (unpaired) electrons. The zero-order valence-corrected chi connectivity index (χ0v) is 16.0. The molecule has 0 aliphatic carbocycles. The molecule has 3 heterocycles. The molecule has 4 rings (SSSR count). The van der Waals surface area contributed by atoms with E-state index in [1.165, 1.54) is 0 Å². The summed E-state index contributed by atoms with van der Waals surface area (Å²) < 4.78 is 16.9. The molecule has 1 aromatic carbocycles. The number of para-hydroxylation sites is 2. The summed E-state index contributed by atoms with van der Waals surface area (Å²) in [5, 5.41) is 1.10. The smallest absolute Gasteiger partial charge is 0.161 e. The Hall–Kier alpha value is -3.25. The van der Waals surface area contributed by atoms with Crippen LogP contribution in [0.5, 0.6) is 11.5 Å². The van der Waals surface area contributed by atoms with E-state index in [0.717, 1.165) is 52.6 Å². The van der Waals surface area contributed by atoms with E-state index >= 15 is 0 Å². The molecule has 0 unspecified atom stereocenters. The molecule has 0 aliphatic heterocycles. The molecule has 0 saturated heterocycles. The summed E-state index contributed by atoms with van der Waals surface area (Å²) in [5.41, 5.74) is 3.00. The maximum atomic E-state index is 5.90. The number of benzene rings is 1. The number of H-pyrrole nitrogens is 1. The zero-order chi connectivity index (χ0) is 19.3. The summed E-state index contributed by atoms with van der Waals surface area (Å²) in [6.45, 7) is 2.08. The summed E-state index contributed by atoms with van der Waals surface area (Å²) in [6, 6.07) is 15.6. The highest BCUT2D eigenvalue weighted by atomic mass is 16.5. The molecule has 0 saturated carbocycles. The summed E-state index contributed by atoms with van der Waals surface area (Å²) in [7, 11) is 3.72. The van der Waals surface area contributed by atoms with Crippen molar-refractivity contribution in [1.29, 1.82) is 0 Å². The van der Waals surface area contributed by atoms with E-state index in [-0.39, 0.29) is 0 Å². The quantitative estimate of drug-likeness (QED) is 0.495. The van der Waals surface area contributed by atoms with Crippen molar-refractivity contribution in [2.45, 2.75) is 6.54 Å². The second-order valence-electron chi connectivity index (χ2n) is 6.59. The summed E-state index contributed by atoms with van der Waals surface area (Å²) in [6.07, 6.45) is 3.47. The van der Waals surface area contributed by atoms with Crippen LogP contribution in [0.4, 0.5) is 0 Å². The first-order chi connectivity index (χ1) is 13.8. The minimum Gasteiger partial charge on any atom is -0.493 e. The van der Waals surface area contributed by atoms with Crippen molar-refractivity contribution in [2.24, 2.45) is 0 Å². The number of nitrogens with one attached hydrogen (secondary N) is 1. The highest BCUT2D eigenvalue weighted by Crippen LogP contribution is 2.30. The average Bonchev–Trinajstić information content (AvgIpc) is 3.37. The van der Waals surface area contributed by atoms with Gasteiger partial charge in [-0.3, -0.25) is 4.90 Å². The second-order valence-corrected chi connectivity index (χ2v) is 6.59. The van der Waals surface area contributed by atoms with E-state index in [4.69, 9.17) is 13.9 Å². The molecule has 6 nitrogen and oxygen atoms in total. The van der Waals surface area contributed by atoms with Crippen LogP contribution < -0.4 is 9.47 Å². The number of likely N-dealkylation sites (N-methyl/N-ethyl adjacent to an activating group) is 1. The lowest BCUT2D eigenvalue weighted by molar-refractivity contribution is 0.226. The third kappa shape index (κ3) is 3.73. The van der Waals surface area contributed by atoms with Gasteiger partial charge >= 0.3 is 0 Å². The third-order valence-electron chi connectivity index (χ3n) is 4.67. The molecule has 0 fully saturated rings. The van der Waals surface area contributed by atoms with E-state index in [1.807, 2.05) is 42.5 Å². The molecule has 1 N–H and O–H groups in total. The number of aromatic nitrogens is 2. The Morgan fingerprint density at radius 3 is 2.71 bits per heavy atom. The Kier molecular flexibility index (Phi) is 5.30. The van der Waals surface area contributed by atoms with Gasteiger partial charge in [0.15, 0.2) is 11.5 Å². The fourth-order valence-electron chi connectivity index (χ4n) is 3.27. The number of methoxy groups -OCH3 is 1. The SMILES string of the molecule is COc1ccccc1OCCN(C)Cc1c(-c2ccco2)[nH]c2ncccc12. The lowest BCUT2D eigenvalue weighted by atomic mass is 10.1. The predicted octanol–water partition coefficient (Wildman–Crippen LogP) is 4.34. The van der Waals surface area contributed by atoms with Gasteiger partial charge in [0.1, 0.15) is 18.0 Å². The number of hydrogen-bond acceptors (Lipinski definition) is 5. The van der Waals surface area contributed by atoms with E-state index in [9.17, 15) is 0 Å². The standard InChI is InChI=1S/C22H23N3O3/c1-25(12-14-28-19-9-4-3-8-18(19)26-2)15-17-16-7-5-11-23-22(16)24-21(17)20-10-6-13-27-20/h3-11,13H,12,14-15H2,1-2H3,(H,23,24). The van der Waals surface area contributed by atoms with E-state index < -0.39 is 0 Å². The zero-order valence-electron chi connectivity index (χ0n) is 16.0. The topological polar surface area (TPSA) is 63.5 Å². The molecular formula is C22H23N3O3. The number of ether oxygens (including phenoxy) is 2. The van der Waals surface area contributed by atoms with Crippen molar-refractivity contribution < 1.29 is 13.9 Å². The van der Waals surface area contributed by atoms with Gasteiger partial charge in [0.05, 0.1) is 19.1 Å². The van der Waals surface area contributed by atoms with Crippen molar-refractivity contribution >= 4 is 11.0 Å². The lowest BCUT2D eigenvalue weighted by Crippen LogP contribution is -2.24. The molecule has 28 heavy (non-hydrogen) atoms. The van der Waals surface area contributed by atoms with Crippen molar-refractivity contribution in [3.63, 3.8) is 0 Å². The summed E-state index contributed by atoms with van der Waals surface area (Å²) in [4.78, 5) is 10.1. The number of aromatic amines is 1. The van der Waals surface area contributed by atoms with Crippen LogP contribution in [0, 0.1) is 0 Å². The number of nitrogens with zero attached hydrogens (tertiary/aromatic N) is 2. The molecule has 0 spiro atoms. The molecule has 0 bridgehead atoms. The summed E-state index contributed by atoms with van der Waals surface area (Å²) >= 11 is 0. The average molecular weight is 377 g/mol. The second kappa shape index (κ2) is 8.19. The molecular weight excluding hydrogens is 354 g/mol. The Bertz CT molecular complexity index is 1040. The van der Waals surface area contributed by atoms with Gasteiger partial charge in [0.25, 0.3) is 0 Å². The van der Waals surface area contributed by atoms with Crippen LogP contribution in [0.25, 0.3) is 22.5 Å². The predicted molar refractivity (Wildman–Crippen MR) is 109 cm³/mol. The minimum atomic E-state index is 0.563. The first-order valence-corrected chi connectivity index (χ1v) is 9.20. The van der Waals surface area contributed by atoms with Gasteiger partial charge in [0, 0.05) is 30.2 Å². The number of furan rings is 1. The Morgan fingerprint density at radius 2 is 1.93 bits per heavy atom. The van der Waals surface area contributed by atoms with Crippen LogP contribution in [-0.2, 0) is 6.54 Å². The molecule has 0 amide bonds. The number of fused-ring (bicyclic) bond motifs is 1. The molecule has 0 atom stereocenters. The van der Waals surface area contributed by atoms with Crippen molar-refractivity contribution in [3.05, 3.63) is 66.6 Å². The van der Waals surface area contributed by atoms with E-state index in [1.54, 1.807) is 19.6 Å². The molecule has 144 valence electrons. The maximum Gasteiger partial charge on any atom is 0.161 e. The first-order valence-electron chi connectivity index (χ1n) is 9.20. The van der Waals surface area contributed by atoms with Crippen LogP contribution in [0.1, 0.15) is 5.56 Å².